The Morgan fingerprint density at radius 1 is 1.33 bits per heavy atom. The number of aliphatic carboxylic acids is 1. The van der Waals surface area contributed by atoms with Gasteiger partial charge in [0.15, 0.2) is 0 Å². The first kappa shape index (κ1) is 13.1. The number of carboxylic acids is 1. The van der Waals surface area contributed by atoms with Gasteiger partial charge in [0.2, 0.25) is 5.91 Å². The van der Waals surface area contributed by atoms with Crippen molar-refractivity contribution in [1.82, 2.24) is 4.90 Å². The molecule has 1 aliphatic rings. The summed E-state index contributed by atoms with van der Waals surface area (Å²) in [5.41, 5.74) is 0.888. The molecule has 0 aromatic heterocycles. The molecule has 1 amide bonds. The van der Waals surface area contributed by atoms with Gasteiger partial charge in [0.05, 0.1) is 6.42 Å². The first-order valence-electron chi connectivity index (χ1n) is 5.82. The van der Waals surface area contributed by atoms with Gasteiger partial charge in [-0.2, -0.15) is 0 Å². The van der Waals surface area contributed by atoms with Crippen LogP contribution < -0.4 is 0 Å². The molecule has 1 aromatic rings. The van der Waals surface area contributed by atoms with E-state index in [0.717, 1.165) is 22.9 Å². The molecule has 0 spiro atoms. The number of hydrogen-bond donors (Lipinski definition) is 1. The summed E-state index contributed by atoms with van der Waals surface area (Å²) in [7, 11) is 0. The van der Waals surface area contributed by atoms with Gasteiger partial charge in [-0.05, 0) is 24.5 Å². The van der Waals surface area contributed by atoms with Crippen molar-refractivity contribution in [3.63, 3.8) is 0 Å². The van der Waals surface area contributed by atoms with Crippen molar-refractivity contribution >= 4 is 27.8 Å². The second kappa shape index (κ2) is 5.52. The van der Waals surface area contributed by atoms with Gasteiger partial charge in [-0.25, -0.2) is 0 Å². The maximum Gasteiger partial charge on any atom is 0.323 e. The molecule has 1 N–H and O–H groups in total. The summed E-state index contributed by atoms with van der Waals surface area (Å²) in [6.07, 6.45) is 2.06. The smallest absolute Gasteiger partial charge is 0.323 e. The summed E-state index contributed by atoms with van der Waals surface area (Å²) in [5, 5.41) is 8.83. The second-order valence-corrected chi connectivity index (χ2v) is 5.27. The van der Waals surface area contributed by atoms with Gasteiger partial charge in [-0.3, -0.25) is 9.59 Å². The van der Waals surface area contributed by atoms with Crippen LogP contribution in [0.15, 0.2) is 28.7 Å². The zero-order valence-electron chi connectivity index (χ0n) is 9.80. The lowest BCUT2D eigenvalue weighted by Crippen LogP contribution is -2.38. The van der Waals surface area contributed by atoms with Crippen LogP contribution in [0.5, 0.6) is 0 Å². The van der Waals surface area contributed by atoms with Crippen molar-refractivity contribution in [3.05, 3.63) is 34.3 Å². The molecule has 0 bridgehead atoms. The van der Waals surface area contributed by atoms with Crippen LogP contribution in [-0.4, -0.2) is 34.5 Å². The number of nitrogens with zero attached hydrogens (tertiary/aromatic N) is 1. The third-order valence-electron chi connectivity index (χ3n) is 2.91. The van der Waals surface area contributed by atoms with Crippen molar-refractivity contribution in [1.29, 1.82) is 0 Å². The number of halogens is 1. The van der Waals surface area contributed by atoms with Gasteiger partial charge in [-0.15, -0.1) is 0 Å². The van der Waals surface area contributed by atoms with E-state index in [2.05, 4.69) is 15.9 Å². The van der Waals surface area contributed by atoms with E-state index in [-0.39, 0.29) is 24.9 Å². The van der Waals surface area contributed by atoms with Crippen LogP contribution >= 0.6 is 15.9 Å². The van der Waals surface area contributed by atoms with E-state index < -0.39 is 5.97 Å². The Morgan fingerprint density at radius 2 is 2.00 bits per heavy atom. The topological polar surface area (TPSA) is 57.6 Å². The number of benzene rings is 1. The highest BCUT2D eigenvalue weighted by Gasteiger charge is 2.33. The monoisotopic (exact) mass is 311 g/mol. The van der Waals surface area contributed by atoms with Crippen LogP contribution in [-0.2, 0) is 16.0 Å². The molecule has 1 saturated carbocycles. The highest BCUT2D eigenvalue weighted by molar-refractivity contribution is 9.10. The Balaban J connectivity index is 2.05. The molecule has 0 atom stereocenters. The van der Waals surface area contributed by atoms with Gasteiger partial charge in [0.25, 0.3) is 0 Å². The molecule has 2 rings (SSSR count). The average Bonchev–Trinajstić information content (AvgIpc) is 3.12. The van der Waals surface area contributed by atoms with E-state index in [0.29, 0.717) is 0 Å². The number of carbonyl (C=O) groups is 2. The van der Waals surface area contributed by atoms with Gasteiger partial charge >= 0.3 is 5.97 Å². The molecule has 5 heteroatoms. The van der Waals surface area contributed by atoms with Gasteiger partial charge < -0.3 is 10.0 Å². The molecule has 0 radical (unpaired) electrons. The number of rotatable bonds is 5. The largest absolute Gasteiger partial charge is 0.480 e. The molecular formula is C13H14BrNO3. The van der Waals surface area contributed by atoms with Crippen LogP contribution in [0.25, 0.3) is 0 Å². The first-order chi connectivity index (χ1) is 8.58. The highest BCUT2D eigenvalue weighted by atomic mass is 79.9. The van der Waals surface area contributed by atoms with Gasteiger partial charge in [0.1, 0.15) is 6.54 Å². The lowest BCUT2D eigenvalue weighted by Gasteiger charge is -2.20. The normalized spacial score (nSPS) is 14.3. The fraction of sp³-hybridized carbons (Fsp3) is 0.385. The summed E-state index contributed by atoms with van der Waals surface area (Å²) in [6, 6.07) is 7.62. The first-order valence-corrected chi connectivity index (χ1v) is 6.62. The minimum Gasteiger partial charge on any atom is -0.480 e. The van der Waals surface area contributed by atoms with E-state index in [1.54, 1.807) is 0 Å². The third kappa shape index (κ3) is 3.32. The van der Waals surface area contributed by atoms with Crippen molar-refractivity contribution in [2.45, 2.75) is 25.3 Å². The van der Waals surface area contributed by atoms with E-state index >= 15 is 0 Å². The molecule has 18 heavy (non-hydrogen) atoms. The number of carboxylic acid groups (broad SMARTS) is 1. The SMILES string of the molecule is O=C(O)CN(C(=O)Cc1ccccc1Br)C1CC1. The maximum atomic E-state index is 12.1. The summed E-state index contributed by atoms with van der Waals surface area (Å²) in [5.74, 6) is -1.07. The molecular weight excluding hydrogens is 298 g/mol. The molecule has 0 aliphatic heterocycles. The molecule has 1 fully saturated rings. The molecule has 1 aliphatic carbocycles. The van der Waals surface area contributed by atoms with Crippen LogP contribution in [0.1, 0.15) is 18.4 Å². The molecule has 0 unspecified atom stereocenters. The number of hydrogen-bond acceptors (Lipinski definition) is 2. The van der Waals surface area contributed by atoms with E-state index in [4.69, 9.17) is 5.11 Å². The average molecular weight is 312 g/mol. The van der Waals surface area contributed by atoms with E-state index in [1.807, 2.05) is 24.3 Å². The summed E-state index contributed by atoms with van der Waals surface area (Å²) >= 11 is 3.39. The standard InChI is InChI=1S/C13H14BrNO3/c14-11-4-2-1-3-9(11)7-12(16)15(8-13(17)18)10-5-6-10/h1-4,10H,5-8H2,(H,17,18). The van der Waals surface area contributed by atoms with Crippen LogP contribution in [0.4, 0.5) is 0 Å². The molecule has 4 nitrogen and oxygen atoms in total. The van der Waals surface area contributed by atoms with Crippen LogP contribution in [0.3, 0.4) is 0 Å². The quantitative estimate of drug-likeness (QED) is 0.905. The highest BCUT2D eigenvalue weighted by Crippen LogP contribution is 2.27. The van der Waals surface area contributed by atoms with Crippen molar-refractivity contribution in [3.8, 4) is 0 Å². The Bertz CT molecular complexity index is 471. The van der Waals surface area contributed by atoms with Gasteiger partial charge in [-0.1, -0.05) is 34.1 Å². The molecule has 0 saturated heterocycles. The second-order valence-electron chi connectivity index (χ2n) is 4.41. The lowest BCUT2D eigenvalue weighted by atomic mass is 10.1. The van der Waals surface area contributed by atoms with E-state index in [9.17, 15) is 9.59 Å². The minimum atomic E-state index is -0.956. The Hall–Kier alpha value is -1.36. The Labute approximate surface area is 114 Å². The third-order valence-corrected chi connectivity index (χ3v) is 3.69. The lowest BCUT2D eigenvalue weighted by molar-refractivity contribution is -0.144. The zero-order chi connectivity index (χ0) is 13.1. The summed E-state index contributed by atoms with van der Waals surface area (Å²) in [4.78, 5) is 24.4. The Kier molecular flexibility index (Phi) is 4.01. The summed E-state index contributed by atoms with van der Waals surface area (Å²) in [6.45, 7) is -0.200. The van der Waals surface area contributed by atoms with Crippen molar-refractivity contribution < 1.29 is 14.7 Å². The van der Waals surface area contributed by atoms with Crippen LogP contribution in [0, 0.1) is 0 Å². The molecule has 0 heterocycles. The van der Waals surface area contributed by atoms with Gasteiger partial charge in [0, 0.05) is 10.5 Å². The maximum absolute atomic E-state index is 12.1. The predicted molar refractivity (Wildman–Crippen MR) is 70.2 cm³/mol. The summed E-state index contributed by atoms with van der Waals surface area (Å²) < 4.78 is 0.879. The minimum absolute atomic E-state index is 0.119. The zero-order valence-corrected chi connectivity index (χ0v) is 11.4. The fourth-order valence-electron chi connectivity index (χ4n) is 1.86. The van der Waals surface area contributed by atoms with E-state index in [1.165, 1.54) is 4.90 Å². The Morgan fingerprint density at radius 3 is 2.56 bits per heavy atom. The van der Waals surface area contributed by atoms with Crippen LogP contribution in [0.2, 0.25) is 0 Å². The number of amides is 1. The number of carbonyl (C=O) groups excluding carboxylic acids is 1. The predicted octanol–water partition coefficient (Wildman–Crippen LogP) is 2.07. The molecule has 1 aromatic carbocycles. The van der Waals surface area contributed by atoms with Crippen molar-refractivity contribution in [2.24, 2.45) is 0 Å². The molecule has 96 valence electrons. The fourth-order valence-corrected chi connectivity index (χ4v) is 2.28. The van der Waals surface area contributed by atoms with Crippen molar-refractivity contribution in [2.75, 3.05) is 6.54 Å².